The van der Waals surface area contributed by atoms with Crippen LogP contribution in [0, 0.1) is 0 Å². The van der Waals surface area contributed by atoms with Crippen LogP contribution in [0.1, 0.15) is 24.5 Å². The van der Waals surface area contributed by atoms with Gasteiger partial charge in [0.1, 0.15) is 0 Å². The zero-order valence-electron chi connectivity index (χ0n) is 15.3. The third kappa shape index (κ3) is 3.08. The molecule has 0 aliphatic carbocycles. The molecule has 146 valence electrons. The molecule has 0 atom stereocenters. The Bertz CT molecular complexity index is 891. The highest BCUT2D eigenvalue weighted by atomic mass is 32.2. The minimum atomic E-state index is -3.63. The molecule has 4 rings (SSSR count). The average molecular weight is 393 g/mol. The first-order valence-corrected chi connectivity index (χ1v) is 10.7. The summed E-state index contributed by atoms with van der Waals surface area (Å²) in [6.45, 7) is 3.80. The molecule has 0 spiro atoms. The molecule has 1 fully saturated rings. The van der Waals surface area contributed by atoms with Crippen molar-refractivity contribution in [1.29, 1.82) is 0 Å². The molecule has 1 aromatic carbocycles. The van der Waals surface area contributed by atoms with Crippen LogP contribution in [0.3, 0.4) is 0 Å². The normalized spacial score (nSPS) is 20.0. The molecule has 1 saturated heterocycles. The Kier molecular flexibility index (Phi) is 4.59. The molecule has 1 aromatic rings. The van der Waals surface area contributed by atoms with E-state index in [0.29, 0.717) is 45.5 Å². The van der Waals surface area contributed by atoms with Crippen molar-refractivity contribution in [3.05, 3.63) is 23.3 Å². The molecule has 0 unspecified atom stereocenters. The average Bonchev–Trinajstić information content (AvgIpc) is 3.10. The first kappa shape index (κ1) is 18.2. The van der Waals surface area contributed by atoms with Crippen LogP contribution in [-0.2, 0) is 32.4 Å². The number of sulfonamides is 1. The predicted octanol–water partition coefficient (Wildman–Crippen LogP) is 0.985. The zero-order chi connectivity index (χ0) is 19.2. The van der Waals surface area contributed by atoms with Crippen LogP contribution >= 0.6 is 0 Å². The van der Waals surface area contributed by atoms with Gasteiger partial charge in [0, 0.05) is 39.1 Å². The van der Waals surface area contributed by atoms with Gasteiger partial charge >= 0.3 is 6.09 Å². The Morgan fingerprint density at radius 2 is 1.70 bits per heavy atom. The largest absolute Gasteiger partial charge is 0.450 e. The van der Waals surface area contributed by atoms with E-state index in [2.05, 4.69) is 0 Å². The number of benzene rings is 1. The molecule has 3 heterocycles. The van der Waals surface area contributed by atoms with E-state index in [1.165, 1.54) is 9.21 Å². The van der Waals surface area contributed by atoms with Crippen LogP contribution in [-0.4, -0.2) is 69.0 Å². The molecule has 27 heavy (non-hydrogen) atoms. The van der Waals surface area contributed by atoms with Gasteiger partial charge < -0.3 is 14.5 Å². The topological polar surface area (TPSA) is 87.2 Å². The number of rotatable bonds is 3. The molecule has 0 radical (unpaired) electrons. The van der Waals surface area contributed by atoms with Gasteiger partial charge in [-0.1, -0.05) is 0 Å². The highest BCUT2D eigenvalue weighted by molar-refractivity contribution is 7.89. The first-order valence-electron chi connectivity index (χ1n) is 9.30. The fraction of sp³-hybridized carbons (Fsp3) is 0.556. The lowest BCUT2D eigenvalue weighted by Crippen LogP contribution is -2.50. The van der Waals surface area contributed by atoms with Gasteiger partial charge in [-0.2, -0.15) is 4.31 Å². The van der Waals surface area contributed by atoms with E-state index in [1.807, 2.05) is 0 Å². The monoisotopic (exact) mass is 393 g/mol. The van der Waals surface area contributed by atoms with Gasteiger partial charge in [0.05, 0.1) is 17.2 Å². The Morgan fingerprint density at radius 3 is 2.37 bits per heavy atom. The smallest absolute Gasteiger partial charge is 0.409 e. The maximum Gasteiger partial charge on any atom is 0.409 e. The van der Waals surface area contributed by atoms with Gasteiger partial charge in [0.2, 0.25) is 15.9 Å². The summed E-state index contributed by atoms with van der Waals surface area (Å²) < 4.78 is 32.7. The SMILES string of the molecule is CCOC(=O)N1CCN(S(=O)(=O)c2cc3c4c(c2)CCN4C(=O)CC3)CC1. The molecule has 3 aliphatic rings. The van der Waals surface area contributed by atoms with E-state index in [0.717, 1.165) is 16.8 Å². The third-order valence-electron chi connectivity index (χ3n) is 5.43. The Balaban J connectivity index is 1.56. The third-order valence-corrected chi connectivity index (χ3v) is 7.30. The van der Waals surface area contributed by atoms with Crippen LogP contribution in [0.4, 0.5) is 10.5 Å². The number of carbonyl (C=O) groups excluding carboxylic acids is 2. The van der Waals surface area contributed by atoms with Gasteiger partial charge in [-0.25, -0.2) is 13.2 Å². The van der Waals surface area contributed by atoms with Crippen molar-refractivity contribution in [3.8, 4) is 0 Å². The van der Waals surface area contributed by atoms with Crippen molar-refractivity contribution >= 4 is 27.7 Å². The van der Waals surface area contributed by atoms with Crippen molar-refractivity contribution < 1.29 is 22.7 Å². The van der Waals surface area contributed by atoms with E-state index in [-0.39, 0.29) is 23.9 Å². The van der Waals surface area contributed by atoms with E-state index < -0.39 is 16.1 Å². The number of amides is 2. The summed E-state index contributed by atoms with van der Waals surface area (Å²) in [6.07, 6.45) is 1.29. The second-order valence-electron chi connectivity index (χ2n) is 6.98. The summed E-state index contributed by atoms with van der Waals surface area (Å²) in [5.41, 5.74) is 2.79. The number of nitrogens with zero attached hydrogens (tertiary/aromatic N) is 3. The molecule has 9 heteroatoms. The second kappa shape index (κ2) is 6.79. The summed E-state index contributed by atoms with van der Waals surface area (Å²) in [7, 11) is -3.63. The Hall–Kier alpha value is -2.13. The molecular formula is C18H23N3O5S. The van der Waals surface area contributed by atoms with Crippen LogP contribution in [0.15, 0.2) is 17.0 Å². The number of piperazine rings is 1. The number of hydrogen-bond acceptors (Lipinski definition) is 5. The zero-order valence-corrected chi connectivity index (χ0v) is 16.1. The lowest BCUT2D eigenvalue weighted by Gasteiger charge is -2.33. The van der Waals surface area contributed by atoms with Gasteiger partial charge in [-0.05, 0) is 43.0 Å². The molecule has 2 amide bonds. The number of carbonyl (C=O) groups is 2. The van der Waals surface area contributed by atoms with Crippen molar-refractivity contribution in [2.45, 2.75) is 31.1 Å². The van der Waals surface area contributed by atoms with Crippen molar-refractivity contribution in [3.63, 3.8) is 0 Å². The number of aryl methyl sites for hydroxylation is 1. The molecule has 0 bridgehead atoms. The van der Waals surface area contributed by atoms with Gasteiger partial charge in [-0.3, -0.25) is 4.79 Å². The molecule has 0 saturated carbocycles. The summed E-state index contributed by atoms with van der Waals surface area (Å²) >= 11 is 0. The minimum Gasteiger partial charge on any atom is -0.450 e. The highest BCUT2D eigenvalue weighted by Gasteiger charge is 2.35. The maximum atomic E-state index is 13.1. The molecule has 8 nitrogen and oxygen atoms in total. The first-order chi connectivity index (χ1) is 12.9. The van der Waals surface area contributed by atoms with Crippen LogP contribution < -0.4 is 4.90 Å². The summed E-state index contributed by atoms with van der Waals surface area (Å²) in [5.74, 6) is 0.118. The van der Waals surface area contributed by atoms with Gasteiger partial charge in [0.25, 0.3) is 0 Å². The minimum absolute atomic E-state index is 0.118. The fourth-order valence-electron chi connectivity index (χ4n) is 4.05. The van der Waals surface area contributed by atoms with E-state index in [4.69, 9.17) is 4.74 Å². The second-order valence-corrected chi connectivity index (χ2v) is 8.91. The van der Waals surface area contributed by atoms with Crippen molar-refractivity contribution in [1.82, 2.24) is 9.21 Å². The van der Waals surface area contributed by atoms with E-state index in [9.17, 15) is 18.0 Å². The number of anilines is 1. The van der Waals surface area contributed by atoms with Crippen LogP contribution in [0.5, 0.6) is 0 Å². The Morgan fingerprint density at radius 1 is 1.04 bits per heavy atom. The molecule has 0 aromatic heterocycles. The summed E-state index contributed by atoms with van der Waals surface area (Å²) in [5, 5.41) is 0. The highest BCUT2D eigenvalue weighted by Crippen LogP contribution is 2.38. The van der Waals surface area contributed by atoms with Crippen LogP contribution in [0.2, 0.25) is 0 Å². The van der Waals surface area contributed by atoms with Crippen LogP contribution in [0.25, 0.3) is 0 Å². The quantitative estimate of drug-likeness (QED) is 0.764. The fourth-order valence-corrected chi connectivity index (χ4v) is 5.57. The summed E-state index contributed by atoms with van der Waals surface area (Å²) in [4.78, 5) is 27.4. The molecule has 3 aliphatic heterocycles. The standard InChI is InChI=1S/C18H23N3O5S/c1-2-26-18(23)19-7-9-20(10-8-19)27(24,25)15-11-13-3-4-16(22)21-6-5-14(12-15)17(13)21/h11-12H,2-10H2,1H3. The predicted molar refractivity (Wildman–Crippen MR) is 98.2 cm³/mol. The lowest BCUT2D eigenvalue weighted by molar-refractivity contribution is -0.118. The lowest BCUT2D eigenvalue weighted by atomic mass is 10.00. The van der Waals surface area contributed by atoms with Crippen molar-refractivity contribution in [2.24, 2.45) is 0 Å². The van der Waals surface area contributed by atoms with Gasteiger partial charge in [-0.15, -0.1) is 0 Å². The Labute approximate surface area is 158 Å². The van der Waals surface area contributed by atoms with E-state index in [1.54, 1.807) is 24.0 Å². The maximum absolute atomic E-state index is 13.1. The molecular weight excluding hydrogens is 370 g/mol. The number of hydrogen-bond donors (Lipinski definition) is 0. The van der Waals surface area contributed by atoms with Gasteiger partial charge in [0.15, 0.2) is 0 Å². The molecule has 0 N–H and O–H groups in total. The number of ether oxygens (including phenoxy) is 1. The summed E-state index contributed by atoms with van der Waals surface area (Å²) in [6, 6.07) is 3.43. The van der Waals surface area contributed by atoms with Crippen molar-refractivity contribution in [2.75, 3.05) is 44.2 Å². The van der Waals surface area contributed by atoms with E-state index >= 15 is 0 Å².